The number of ether oxygens (including phenoxy) is 1. The highest BCUT2D eigenvalue weighted by atomic mass is 16.5. The molecule has 0 unspecified atom stereocenters. The van der Waals surface area contributed by atoms with Crippen molar-refractivity contribution in [1.82, 2.24) is 0 Å². The molecule has 3 aromatic rings. The number of para-hydroxylation sites is 1. The fourth-order valence-electron chi connectivity index (χ4n) is 4.11. The molecule has 1 heterocycles. The van der Waals surface area contributed by atoms with E-state index in [1.54, 1.807) is 0 Å². The Kier molecular flexibility index (Phi) is 4.55. The van der Waals surface area contributed by atoms with Crippen LogP contribution in [0.15, 0.2) is 66.7 Å². The van der Waals surface area contributed by atoms with Gasteiger partial charge in [-0.05, 0) is 47.6 Å². The number of benzene rings is 3. The first-order chi connectivity index (χ1) is 12.9. The molecule has 0 spiro atoms. The van der Waals surface area contributed by atoms with Crippen molar-refractivity contribution in [3.8, 4) is 11.5 Å². The summed E-state index contributed by atoms with van der Waals surface area (Å²) >= 11 is 0. The van der Waals surface area contributed by atoms with Gasteiger partial charge in [-0.3, -0.25) is 0 Å². The van der Waals surface area contributed by atoms with Gasteiger partial charge in [0.25, 0.3) is 0 Å². The van der Waals surface area contributed by atoms with Crippen LogP contribution in [0.4, 0.5) is 0 Å². The Balaban J connectivity index is 1.59. The van der Waals surface area contributed by atoms with Crippen LogP contribution in [0.1, 0.15) is 55.5 Å². The first kappa shape index (κ1) is 17.9. The zero-order valence-corrected chi connectivity index (χ0v) is 16.8. The van der Waals surface area contributed by atoms with Crippen LogP contribution in [-0.4, -0.2) is 0 Å². The molecule has 3 aromatic carbocycles. The van der Waals surface area contributed by atoms with E-state index in [4.69, 9.17) is 4.74 Å². The van der Waals surface area contributed by atoms with Gasteiger partial charge in [-0.2, -0.15) is 0 Å². The van der Waals surface area contributed by atoms with Gasteiger partial charge in [0.15, 0.2) is 0 Å². The highest BCUT2D eigenvalue weighted by molar-refractivity contribution is 5.57. The second-order valence-corrected chi connectivity index (χ2v) is 8.64. The predicted octanol–water partition coefficient (Wildman–Crippen LogP) is 6.91. The van der Waals surface area contributed by atoms with E-state index in [9.17, 15) is 0 Å². The minimum Gasteiger partial charge on any atom is -0.457 e. The molecule has 0 aromatic heterocycles. The maximum absolute atomic E-state index is 6.25. The molecule has 0 amide bonds. The lowest BCUT2D eigenvalue weighted by Gasteiger charge is -2.34. The van der Waals surface area contributed by atoms with E-state index in [1.807, 2.05) is 6.07 Å². The third-order valence-corrected chi connectivity index (χ3v) is 5.57. The molecule has 1 nitrogen and oxygen atoms in total. The lowest BCUT2D eigenvalue weighted by Crippen LogP contribution is -2.24. The largest absolute Gasteiger partial charge is 0.457 e. The summed E-state index contributed by atoms with van der Waals surface area (Å²) in [6.07, 6.45) is 2.07. The Morgan fingerprint density at radius 1 is 0.741 bits per heavy atom. The standard InChI is InChI=1S/C26H28O/c1-18(2)15-19-9-11-20(12-10-19)16-21-13-14-23-25(17-21)27-24-8-6-5-7-22(24)26(23,3)4/h5-14,17-18H,15-16H2,1-4H3. The fraction of sp³-hybridized carbons (Fsp3) is 0.308. The summed E-state index contributed by atoms with van der Waals surface area (Å²) < 4.78 is 6.25. The summed E-state index contributed by atoms with van der Waals surface area (Å²) in [6, 6.07) is 24.1. The zero-order chi connectivity index (χ0) is 19.0. The molecule has 0 fully saturated rings. The summed E-state index contributed by atoms with van der Waals surface area (Å²) in [5, 5.41) is 0. The molecule has 0 saturated heterocycles. The van der Waals surface area contributed by atoms with E-state index in [1.165, 1.54) is 27.8 Å². The van der Waals surface area contributed by atoms with Crippen molar-refractivity contribution >= 4 is 0 Å². The average molecular weight is 357 g/mol. The lowest BCUT2D eigenvalue weighted by molar-refractivity contribution is 0.417. The lowest BCUT2D eigenvalue weighted by atomic mass is 9.75. The molecule has 0 N–H and O–H groups in total. The normalized spacial score (nSPS) is 14.4. The molecule has 1 aliphatic rings. The van der Waals surface area contributed by atoms with Crippen molar-refractivity contribution in [1.29, 1.82) is 0 Å². The number of hydrogen-bond acceptors (Lipinski definition) is 1. The molecule has 1 aliphatic heterocycles. The van der Waals surface area contributed by atoms with Crippen molar-refractivity contribution in [3.63, 3.8) is 0 Å². The molecule has 1 heteroatoms. The van der Waals surface area contributed by atoms with E-state index in [0.29, 0.717) is 5.92 Å². The molecule has 0 bridgehead atoms. The predicted molar refractivity (Wildman–Crippen MR) is 113 cm³/mol. The van der Waals surface area contributed by atoms with Crippen LogP contribution in [0.2, 0.25) is 0 Å². The van der Waals surface area contributed by atoms with Crippen molar-refractivity contribution in [2.24, 2.45) is 5.92 Å². The summed E-state index contributed by atoms with van der Waals surface area (Å²) in [5.74, 6) is 2.66. The van der Waals surface area contributed by atoms with Gasteiger partial charge in [0.1, 0.15) is 11.5 Å². The molecule has 4 rings (SSSR count). The van der Waals surface area contributed by atoms with Crippen molar-refractivity contribution in [2.45, 2.75) is 46.0 Å². The van der Waals surface area contributed by atoms with Gasteiger partial charge in [-0.15, -0.1) is 0 Å². The van der Waals surface area contributed by atoms with Crippen LogP contribution < -0.4 is 4.74 Å². The zero-order valence-electron chi connectivity index (χ0n) is 16.8. The quantitative estimate of drug-likeness (QED) is 0.493. The molecular formula is C26H28O. The minimum atomic E-state index is -0.0405. The molecule has 0 radical (unpaired) electrons. The maximum atomic E-state index is 6.25. The van der Waals surface area contributed by atoms with Crippen molar-refractivity contribution in [3.05, 3.63) is 94.5 Å². The molecule has 0 saturated carbocycles. The summed E-state index contributed by atoms with van der Waals surface area (Å²) in [5.41, 5.74) is 6.53. The van der Waals surface area contributed by atoms with E-state index < -0.39 is 0 Å². The molecule has 27 heavy (non-hydrogen) atoms. The third-order valence-electron chi connectivity index (χ3n) is 5.57. The Labute approximate surface area is 163 Å². The van der Waals surface area contributed by atoms with Crippen LogP contribution in [0.3, 0.4) is 0 Å². The minimum absolute atomic E-state index is 0.0405. The van der Waals surface area contributed by atoms with Gasteiger partial charge in [0.2, 0.25) is 0 Å². The van der Waals surface area contributed by atoms with Gasteiger partial charge < -0.3 is 4.74 Å². The molecule has 0 atom stereocenters. The van der Waals surface area contributed by atoms with Gasteiger partial charge in [0.05, 0.1) is 0 Å². The van der Waals surface area contributed by atoms with Crippen LogP contribution in [-0.2, 0) is 18.3 Å². The fourth-order valence-corrected chi connectivity index (χ4v) is 4.11. The van der Waals surface area contributed by atoms with Crippen LogP contribution in [0.5, 0.6) is 11.5 Å². The van der Waals surface area contributed by atoms with Gasteiger partial charge in [0, 0.05) is 16.5 Å². The molecule has 138 valence electrons. The highest BCUT2D eigenvalue weighted by Crippen LogP contribution is 2.47. The SMILES string of the molecule is CC(C)Cc1ccc(Cc2ccc3c(c2)Oc2ccccc2C3(C)C)cc1. The highest BCUT2D eigenvalue weighted by Gasteiger charge is 2.33. The Morgan fingerprint density at radius 3 is 2.11 bits per heavy atom. The Morgan fingerprint density at radius 2 is 1.37 bits per heavy atom. The Bertz CT molecular complexity index is 948. The summed E-state index contributed by atoms with van der Waals surface area (Å²) in [4.78, 5) is 0. The first-order valence-corrected chi connectivity index (χ1v) is 9.92. The summed E-state index contributed by atoms with van der Waals surface area (Å²) in [6.45, 7) is 9.09. The number of fused-ring (bicyclic) bond motifs is 2. The number of rotatable bonds is 4. The van der Waals surface area contributed by atoms with E-state index in [-0.39, 0.29) is 5.41 Å². The molecule has 0 aliphatic carbocycles. The van der Waals surface area contributed by atoms with E-state index in [0.717, 1.165) is 24.3 Å². The number of hydrogen-bond donors (Lipinski definition) is 0. The second kappa shape index (κ2) is 6.88. The first-order valence-electron chi connectivity index (χ1n) is 9.92. The van der Waals surface area contributed by atoms with Crippen LogP contribution in [0, 0.1) is 5.92 Å². The van der Waals surface area contributed by atoms with Crippen molar-refractivity contribution in [2.75, 3.05) is 0 Å². The van der Waals surface area contributed by atoms with E-state index >= 15 is 0 Å². The topological polar surface area (TPSA) is 9.23 Å². The van der Waals surface area contributed by atoms with Gasteiger partial charge >= 0.3 is 0 Å². The van der Waals surface area contributed by atoms with Gasteiger partial charge in [-0.1, -0.05) is 82.3 Å². The van der Waals surface area contributed by atoms with E-state index in [2.05, 4.69) is 88.4 Å². The van der Waals surface area contributed by atoms with Crippen molar-refractivity contribution < 1.29 is 4.74 Å². The van der Waals surface area contributed by atoms with Gasteiger partial charge in [-0.25, -0.2) is 0 Å². The maximum Gasteiger partial charge on any atom is 0.131 e. The molecular weight excluding hydrogens is 328 g/mol. The Hall–Kier alpha value is -2.54. The van der Waals surface area contributed by atoms with Crippen LogP contribution in [0.25, 0.3) is 0 Å². The smallest absolute Gasteiger partial charge is 0.131 e. The average Bonchev–Trinajstić information content (AvgIpc) is 2.63. The van der Waals surface area contributed by atoms with Crippen LogP contribution >= 0.6 is 0 Å². The second-order valence-electron chi connectivity index (χ2n) is 8.64. The monoisotopic (exact) mass is 356 g/mol. The summed E-state index contributed by atoms with van der Waals surface area (Å²) in [7, 11) is 0. The third kappa shape index (κ3) is 3.51.